The van der Waals surface area contributed by atoms with E-state index in [4.69, 9.17) is 5.73 Å². The molecule has 0 saturated carbocycles. The van der Waals surface area contributed by atoms with Crippen LogP contribution in [0.15, 0.2) is 36.4 Å². The van der Waals surface area contributed by atoms with Gasteiger partial charge in [-0.3, -0.25) is 0 Å². The Morgan fingerprint density at radius 3 is 2.53 bits per heavy atom. The molecule has 0 aliphatic carbocycles. The van der Waals surface area contributed by atoms with Gasteiger partial charge in [-0.25, -0.2) is 4.39 Å². The molecule has 0 aliphatic heterocycles. The van der Waals surface area contributed by atoms with E-state index >= 15 is 0 Å². The molecule has 88 valence electrons. The lowest BCUT2D eigenvalue weighted by atomic mass is 10.1. The van der Waals surface area contributed by atoms with Crippen molar-refractivity contribution >= 4 is 17.1 Å². The second-order valence-corrected chi connectivity index (χ2v) is 4.11. The maximum Gasteiger partial charge on any atom is 0.128 e. The number of hydrogen-bond acceptors (Lipinski definition) is 2. The number of halogens is 1. The van der Waals surface area contributed by atoms with Gasteiger partial charge in [-0.05, 0) is 49.7 Å². The average molecular weight is 230 g/mol. The number of benzene rings is 2. The molecule has 0 aromatic heterocycles. The maximum atomic E-state index is 13.4. The SMILES string of the molecule is Cc1cc(N)ccc1Nc1cccc(F)c1C. The minimum atomic E-state index is -0.205. The molecule has 0 saturated heterocycles. The third-order valence-electron chi connectivity index (χ3n) is 2.79. The highest BCUT2D eigenvalue weighted by Crippen LogP contribution is 2.25. The molecule has 2 aromatic carbocycles. The smallest absolute Gasteiger partial charge is 0.128 e. The highest BCUT2D eigenvalue weighted by atomic mass is 19.1. The molecule has 0 fully saturated rings. The van der Waals surface area contributed by atoms with Crippen molar-refractivity contribution in [2.45, 2.75) is 13.8 Å². The number of hydrogen-bond donors (Lipinski definition) is 2. The standard InChI is InChI=1S/C14H15FN2/c1-9-8-11(16)6-7-13(9)17-14-5-3-4-12(15)10(14)2/h3-8,17H,16H2,1-2H3. The van der Waals surface area contributed by atoms with Gasteiger partial charge in [0.2, 0.25) is 0 Å². The summed E-state index contributed by atoms with van der Waals surface area (Å²) in [5.74, 6) is -0.205. The van der Waals surface area contributed by atoms with Crippen molar-refractivity contribution in [2.75, 3.05) is 11.1 Å². The molecule has 0 atom stereocenters. The van der Waals surface area contributed by atoms with Crippen LogP contribution < -0.4 is 11.1 Å². The summed E-state index contributed by atoms with van der Waals surface area (Å²) in [7, 11) is 0. The predicted octanol–water partition coefficient (Wildman–Crippen LogP) is 3.77. The highest BCUT2D eigenvalue weighted by molar-refractivity contribution is 5.67. The zero-order valence-corrected chi connectivity index (χ0v) is 9.92. The zero-order chi connectivity index (χ0) is 12.4. The molecule has 0 amide bonds. The summed E-state index contributed by atoms with van der Waals surface area (Å²) in [6, 6.07) is 10.6. The van der Waals surface area contributed by atoms with Crippen LogP contribution in [-0.4, -0.2) is 0 Å². The Balaban J connectivity index is 2.35. The summed E-state index contributed by atoms with van der Waals surface area (Å²) in [5, 5.41) is 3.21. The van der Waals surface area contributed by atoms with Crippen molar-refractivity contribution in [1.29, 1.82) is 0 Å². The van der Waals surface area contributed by atoms with Gasteiger partial charge in [0, 0.05) is 22.6 Å². The van der Waals surface area contributed by atoms with Gasteiger partial charge in [-0.2, -0.15) is 0 Å². The van der Waals surface area contributed by atoms with Gasteiger partial charge in [0.1, 0.15) is 5.82 Å². The minimum absolute atomic E-state index is 0.205. The Hall–Kier alpha value is -2.03. The van der Waals surface area contributed by atoms with Gasteiger partial charge in [-0.15, -0.1) is 0 Å². The molecule has 0 aliphatic rings. The van der Waals surface area contributed by atoms with Crippen LogP contribution in [0.5, 0.6) is 0 Å². The van der Waals surface area contributed by atoms with Gasteiger partial charge >= 0.3 is 0 Å². The fraction of sp³-hybridized carbons (Fsp3) is 0.143. The lowest BCUT2D eigenvalue weighted by Crippen LogP contribution is -1.97. The van der Waals surface area contributed by atoms with Crippen LogP contribution in [0.1, 0.15) is 11.1 Å². The monoisotopic (exact) mass is 230 g/mol. The van der Waals surface area contributed by atoms with E-state index in [1.54, 1.807) is 13.0 Å². The first-order valence-electron chi connectivity index (χ1n) is 5.46. The molecule has 0 radical (unpaired) electrons. The molecule has 2 nitrogen and oxygen atoms in total. The molecular weight excluding hydrogens is 215 g/mol. The van der Waals surface area contributed by atoms with E-state index < -0.39 is 0 Å². The van der Waals surface area contributed by atoms with Crippen LogP contribution in [0.2, 0.25) is 0 Å². The Kier molecular flexibility index (Phi) is 3.00. The van der Waals surface area contributed by atoms with Crippen molar-refractivity contribution in [2.24, 2.45) is 0 Å². The van der Waals surface area contributed by atoms with E-state index in [0.717, 1.165) is 22.6 Å². The molecule has 2 rings (SSSR count). The first kappa shape index (κ1) is 11.5. The van der Waals surface area contributed by atoms with E-state index in [1.807, 2.05) is 31.2 Å². The third kappa shape index (κ3) is 2.38. The van der Waals surface area contributed by atoms with E-state index in [2.05, 4.69) is 5.32 Å². The Morgan fingerprint density at radius 1 is 1.06 bits per heavy atom. The molecule has 17 heavy (non-hydrogen) atoms. The average Bonchev–Trinajstić information content (AvgIpc) is 2.28. The highest BCUT2D eigenvalue weighted by Gasteiger charge is 2.05. The van der Waals surface area contributed by atoms with Crippen LogP contribution in [-0.2, 0) is 0 Å². The zero-order valence-electron chi connectivity index (χ0n) is 9.92. The molecule has 0 unspecified atom stereocenters. The first-order valence-corrected chi connectivity index (χ1v) is 5.46. The molecule has 0 spiro atoms. The summed E-state index contributed by atoms with van der Waals surface area (Å²) in [4.78, 5) is 0. The Bertz CT molecular complexity index is 550. The fourth-order valence-electron chi connectivity index (χ4n) is 1.72. The molecular formula is C14H15FN2. The topological polar surface area (TPSA) is 38.0 Å². The summed E-state index contributed by atoms with van der Waals surface area (Å²) >= 11 is 0. The van der Waals surface area contributed by atoms with Crippen LogP contribution >= 0.6 is 0 Å². The van der Waals surface area contributed by atoms with E-state index in [0.29, 0.717) is 5.56 Å². The van der Waals surface area contributed by atoms with E-state index in [1.165, 1.54) is 6.07 Å². The summed E-state index contributed by atoms with van der Waals surface area (Å²) in [6.07, 6.45) is 0. The lowest BCUT2D eigenvalue weighted by Gasteiger charge is -2.12. The largest absolute Gasteiger partial charge is 0.399 e. The summed E-state index contributed by atoms with van der Waals surface area (Å²) in [6.45, 7) is 3.72. The second kappa shape index (κ2) is 4.45. The molecule has 3 heteroatoms. The van der Waals surface area contributed by atoms with Crippen molar-refractivity contribution < 1.29 is 4.39 Å². The van der Waals surface area contributed by atoms with Gasteiger partial charge in [0.05, 0.1) is 0 Å². The minimum Gasteiger partial charge on any atom is -0.399 e. The van der Waals surface area contributed by atoms with Gasteiger partial charge < -0.3 is 11.1 Å². The number of anilines is 3. The van der Waals surface area contributed by atoms with Crippen molar-refractivity contribution in [3.05, 3.63) is 53.3 Å². The fourth-order valence-corrected chi connectivity index (χ4v) is 1.72. The first-order chi connectivity index (χ1) is 8.08. The third-order valence-corrected chi connectivity index (χ3v) is 2.79. The molecule has 0 bridgehead atoms. The predicted molar refractivity (Wildman–Crippen MR) is 70.0 cm³/mol. The van der Waals surface area contributed by atoms with Gasteiger partial charge in [0.15, 0.2) is 0 Å². The second-order valence-electron chi connectivity index (χ2n) is 4.11. The molecule has 2 aromatic rings. The van der Waals surface area contributed by atoms with Gasteiger partial charge in [0.25, 0.3) is 0 Å². The number of rotatable bonds is 2. The van der Waals surface area contributed by atoms with Crippen LogP contribution in [0.3, 0.4) is 0 Å². The lowest BCUT2D eigenvalue weighted by molar-refractivity contribution is 0.619. The summed E-state index contributed by atoms with van der Waals surface area (Å²) in [5.41, 5.74) is 9.78. The van der Waals surface area contributed by atoms with E-state index in [9.17, 15) is 4.39 Å². The van der Waals surface area contributed by atoms with E-state index in [-0.39, 0.29) is 5.82 Å². The quantitative estimate of drug-likeness (QED) is 0.771. The number of nitrogen functional groups attached to an aromatic ring is 1. The Morgan fingerprint density at radius 2 is 1.82 bits per heavy atom. The van der Waals surface area contributed by atoms with Crippen molar-refractivity contribution in [3.8, 4) is 0 Å². The number of nitrogens with one attached hydrogen (secondary N) is 1. The molecule has 3 N–H and O–H groups in total. The number of aryl methyl sites for hydroxylation is 1. The maximum absolute atomic E-state index is 13.4. The van der Waals surface area contributed by atoms with Gasteiger partial charge in [-0.1, -0.05) is 6.07 Å². The van der Waals surface area contributed by atoms with Crippen LogP contribution in [0.25, 0.3) is 0 Å². The number of nitrogens with two attached hydrogens (primary N) is 1. The molecule has 0 heterocycles. The Labute approximate surface area is 100 Å². The van der Waals surface area contributed by atoms with Crippen molar-refractivity contribution in [3.63, 3.8) is 0 Å². The van der Waals surface area contributed by atoms with Crippen LogP contribution in [0, 0.1) is 19.7 Å². The summed E-state index contributed by atoms with van der Waals surface area (Å²) < 4.78 is 13.4. The normalized spacial score (nSPS) is 10.3. The van der Waals surface area contributed by atoms with Crippen molar-refractivity contribution in [1.82, 2.24) is 0 Å². The van der Waals surface area contributed by atoms with Crippen LogP contribution in [0.4, 0.5) is 21.5 Å².